The molecule has 0 heterocycles. The van der Waals surface area contributed by atoms with Gasteiger partial charge < -0.3 is 0 Å². The minimum Gasteiger partial charge on any atom is -0.221 e. The minimum absolute atomic E-state index is 0.267. The van der Waals surface area contributed by atoms with Crippen LogP contribution in [0.2, 0.25) is 0 Å². The predicted octanol–water partition coefficient (Wildman–Crippen LogP) is 7.52. The SMILES string of the molecule is FC(F)(F)OC(F)(F)C(F)(F)CCCCCCCCCCCC(CS)CS. The average Bonchev–Trinajstić information content (AvgIpc) is 2.53. The maximum Gasteiger partial charge on any atom is 0.527 e. The average molecular weight is 447 g/mol. The molecule has 0 amide bonds. The third-order valence-electron chi connectivity index (χ3n) is 4.29. The second kappa shape index (κ2) is 13.4. The summed E-state index contributed by atoms with van der Waals surface area (Å²) >= 11 is 8.50. The Kier molecular flexibility index (Phi) is 13.5. The largest absolute Gasteiger partial charge is 0.527 e. The van der Waals surface area contributed by atoms with Gasteiger partial charge in [-0.05, 0) is 30.3 Å². The summed E-state index contributed by atoms with van der Waals surface area (Å²) in [6, 6.07) is 0. The number of ether oxygens (including phenoxy) is 1. The molecule has 0 radical (unpaired) electrons. The van der Waals surface area contributed by atoms with Gasteiger partial charge in [0.25, 0.3) is 0 Å². The molecule has 27 heavy (non-hydrogen) atoms. The van der Waals surface area contributed by atoms with Crippen LogP contribution in [-0.2, 0) is 4.74 Å². The van der Waals surface area contributed by atoms with E-state index >= 15 is 0 Å². The van der Waals surface area contributed by atoms with Crippen LogP contribution in [0, 0.1) is 5.92 Å². The number of hydrogen-bond donors (Lipinski definition) is 2. The zero-order chi connectivity index (χ0) is 21.0. The number of halogens is 7. The quantitative estimate of drug-likeness (QED) is 0.142. The first kappa shape index (κ1) is 27.2. The van der Waals surface area contributed by atoms with E-state index in [4.69, 9.17) is 0 Å². The van der Waals surface area contributed by atoms with E-state index in [0.29, 0.717) is 12.3 Å². The Hall–Kier alpha value is 0.170. The van der Waals surface area contributed by atoms with Gasteiger partial charge in [-0.15, -0.1) is 13.2 Å². The molecule has 0 aromatic carbocycles. The summed E-state index contributed by atoms with van der Waals surface area (Å²) in [5, 5.41) is 0. The Morgan fingerprint density at radius 1 is 0.630 bits per heavy atom. The van der Waals surface area contributed by atoms with Crippen LogP contribution in [0.15, 0.2) is 0 Å². The molecule has 0 fully saturated rings. The van der Waals surface area contributed by atoms with Crippen LogP contribution in [0.25, 0.3) is 0 Å². The van der Waals surface area contributed by atoms with E-state index in [0.717, 1.165) is 56.5 Å². The highest BCUT2D eigenvalue weighted by molar-refractivity contribution is 7.81. The van der Waals surface area contributed by atoms with E-state index in [1.165, 1.54) is 0 Å². The number of rotatable bonds is 16. The lowest BCUT2D eigenvalue weighted by Crippen LogP contribution is -2.46. The highest BCUT2D eigenvalue weighted by Gasteiger charge is 2.62. The number of alkyl halides is 7. The zero-order valence-electron chi connectivity index (χ0n) is 15.2. The van der Waals surface area contributed by atoms with Gasteiger partial charge in [0.2, 0.25) is 0 Å². The van der Waals surface area contributed by atoms with Crippen molar-refractivity contribution >= 4 is 25.3 Å². The van der Waals surface area contributed by atoms with Crippen molar-refractivity contribution in [3.63, 3.8) is 0 Å². The summed E-state index contributed by atoms with van der Waals surface area (Å²) in [6.45, 7) is 0. The van der Waals surface area contributed by atoms with E-state index in [9.17, 15) is 30.7 Å². The van der Waals surface area contributed by atoms with Gasteiger partial charge in [0.05, 0.1) is 0 Å². The minimum atomic E-state index is -5.81. The summed E-state index contributed by atoms with van der Waals surface area (Å²) < 4.78 is 89.7. The first-order chi connectivity index (χ1) is 12.4. The molecule has 0 aromatic heterocycles. The van der Waals surface area contributed by atoms with Crippen molar-refractivity contribution in [1.29, 1.82) is 0 Å². The van der Waals surface area contributed by atoms with Crippen molar-refractivity contribution < 1.29 is 35.5 Å². The normalized spacial score (nSPS) is 13.6. The van der Waals surface area contributed by atoms with Crippen LogP contribution in [0.5, 0.6) is 0 Å². The van der Waals surface area contributed by atoms with E-state index in [1.54, 1.807) is 0 Å². The van der Waals surface area contributed by atoms with Crippen LogP contribution >= 0.6 is 25.3 Å². The van der Waals surface area contributed by atoms with E-state index in [-0.39, 0.29) is 12.8 Å². The van der Waals surface area contributed by atoms with Crippen molar-refractivity contribution in [2.75, 3.05) is 11.5 Å². The highest BCUT2D eigenvalue weighted by Crippen LogP contribution is 2.42. The van der Waals surface area contributed by atoms with Crippen LogP contribution in [0.4, 0.5) is 30.7 Å². The van der Waals surface area contributed by atoms with E-state index in [2.05, 4.69) is 30.0 Å². The van der Waals surface area contributed by atoms with Crippen molar-refractivity contribution in [3.05, 3.63) is 0 Å². The molecule has 164 valence electrons. The van der Waals surface area contributed by atoms with Gasteiger partial charge in [-0.25, -0.2) is 4.74 Å². The molecule has 0 saturated carbocycles. The maximum atomic E-state index is 13.2. The van der Waals surface area contributed by atoms with Crippen LogP contribution < -0.4 is 0 Å². The second-order valence-electron chi connectivity index (χ2n) is 6.72. The first-order valence-corrected chi connectivity index (χ1v) is 10.5. The molecule has 0 atom stereocenters. The fraction of sp³-hybridized carbons (Fsp3) is 1.00. The van der Waals surface area contributed by atoms with Gasteiger partial charge in [0, 0.05) is 6.42 Å². The molecule has 0 aliphatic heterocycles. The molecule has 0 aliphatic carbocycles. The molecular weight excluding hydrogens is 417 g/mol. The monoisotopic (exact) mass is 446 g/mol. The smallest absolute Gasteiger partial charge is 0.221 e. The molecule has 10 heteroatoms. The van der Waals surface area contributed by atoms with Crippen molar-refractivity contribution in [2.45, 2.75) is 89.0 Å². The third-order valence-corrected chi connectivity index (χ3v) is 5.32. The lowest BCUT2D eigenvalue weighted by molar-refractivity contribution is -0.466. The summed E-state index contributed by atoms with van der Waals surface area (Å²) in [5.74, 6) is -2.66. The molecule has 1 nitrogen and oxygen atoms in total. The molecule has 0 spiro atoms. The molecule has 0 aliphatic rings. The standard InChI is InChI=1S/C17H29F7OS2/c18-15(19,16(20,21)25-17(22,23)24)11-9-7-5-3-1-2-4-6-8-10-14(12-26)13-27/h14,26-27H,1-13H2. The Bertz CT molecular complexity index is 375. The van der Waals surface area contributed by atoms with Gasteiger partial charge in [0.15, 0.2) is 0 Å². The van der Waals surface area contributed by atoms with Crippen LogP contribution in [0.1, 0.15) is 70.6 Å². The van der Waals surface area contributed by atoms with E-state index < -0.39 is 24.8 Å². The maximum absolute atomic E-state index is 13.2. The molecular formula is C17H29F7OS2. The van der Waals surface area contributed by atoms with Crippen molar-refractivity contribution in [1.82, 2.24) is 0 Å². The fourth-order valence-electron chi connectivity index (χ4n) is 2.62. The molecule has 0 saturated heterocycles. The van der Waals surface area contributed by atoms with Gasteiger partial charge in [-0.2, -0.15) is 42.8 Å². The number of hydrogen-bond acceptors (Lipinski definition) is 3. The van der Waals surface area contributed by atoms with Gasteiger partial charge in [0.1, 0.15) is 0 Å². The van der Waals surface area contributed by atoms with E-state index in [1.807, 2.05) is 0 Å². The third kappa shape index (κ3) is 13.1. The zero-order valence-corrected chi connectivity index (χ0v) is 17.0. The number of unbranched alkanes of at least 4 members (excludes halogenated alkanes) is 8. The first-order valence-electron chi connectivity index (χ1n) is 9.19. The summed E-state index contributed by atoms with van der Waals surface area (Å²) in [5.41, 5.74) is 0. The number of thiol groups is 2. The van der Waals surface area contributed by atoms with Crippen molar-refractivity contribution in [2.24, 2.45) is 5.92 Å². The molecule has 0 N–H and O–H groups in total. The van der Waals surface area contributed by atoms with Crippen molar-refractivity contribution in [3.8, 4) is 0 Å². The molecule has 0 aromatic rings. The molecule has 0 rings (SSSR count). The highest BCUT2D eigenvalue weighted by atomic mass is 32.1. The Morgan fingerprint density at radius 2 is 1.04 bits per heavy atom. The second-order valence-corrected chi connectivity index (χ2v) is 7.45. The summed E-state index contributed by atoms with van der Waals surface area (Å²) in [6.07, 6.45) is -5.00. The van der Waals surface area contributed by atoms with Gasteiger partial charge in [-0.1, -0.05) is 51.4 Å². The summed E-state index contributed by atoms with van der Waals surface area (Å²) in [4.78, 5) is 0. The van der Waals surface area contributed by atoms with Gasteiger partial charge in [-0.3, -0.25) is 0 Å². The van der Waals surface area contributed by atoms with Crippen LogP contribution in [-0.4, -0.2) is 29.9 Å². The molecule has 0 bridgehead atoms. The van der Waals surface area contributed by atoms with Gasteiger partial charge >= 0.3 is 18.4 Å². The lowest BCUT2D eigenvalue weighted by Gasteiger charge is -2.26. The predicted molar refractivity (Wildman–Crippen MR) is 99.0 cm³/mol. The van der Waals surface area contributed by atoms with Crippen LogP contribution in [0.3, 0.4) is 0 Å². The Labute approximate surface area is 167 Å². The lowest BCUT2D eigenvalue weighted by atomic mass is 10.0. The fourth-order valence-corrected chi connectivity index (χ4v) is 3.45. The Morgan fingerprint density at radius 3 is 1.44 bits per heavy atom. The topological polar surface area (TPSA) is 9.23 Å². The Balaban J connectivity index is 3.71. The summed E-state index contributed by atoms with van der Waals surface area (Å²) in [7, 11) is 0. The molecule has 0 unspecified atom stereocenters.